The molecule has 70 valence electrons. The number of halogens is 1. The molecule has 1 aliphatic heterocycles. The molecule has 0 amide bonds. The van der Waals surface area contributed by atoms with E-state index in [-0.39, 0.29) is 11.4 Å². The Balaban J connectivity index is 2.00. The number of nitrogens with zero attached hydrogens (tertiary/aromatic N) is 2. The normalized spacial score (nSPS) is 21.8. The van der Waals surface area contributed by atoms with Crippen LogP contribution in [0.15, 0.2) is 12.3 Å². The van der Waals surface area contributed by atoms with Gasteiger partial charge >= 0.3 is 0 Å². The van der Waals surface area contributed by atoms with Crippen molar-refractivity contribution in [3.05, 3.63) is 17.5 Å². The Hall–Kier alpha value is -0.870. The molecule has 0 aromatic carbocycles. The van der Waals surface area contributed by atoms with Crippen molar-refractivity contribution in [1.29, 1.82) is 0 Å². The molecule has 0 spiro atoms. The lowest BCUT2D eigenvalue weighted by Crippen LogP contribution is -2.20. The minimum atomic E-state index is 0.214. The van der Waals surface area contributed by atoms with E-state index in [0.29, 0.717) is 5.88 Å². The van der Waals surface area contributed by atoms with Gasteiger partial charge in [-0.1, -0.05) is 0 Å². The molecule has 1 aliphatic rings. The Morgan fingerprint density at radius 3 is 3.23 bits per heavy atom. The van der Waals surface area contributed by atoms with Gasteiger partial charge in [0.25, 0.3) is 0 Å². The summed E-state index contributed by atoms with van der Waals surface area (Å²) in [6.07, 6.45) is 2.82. The van der Waals surface area contributed by atoms with Crippen molar-refractivity contribution in [1.82, 2.24) is 15.3 Å². The van der Waals surface area contributed by atoms with Gasteiger partial charge in [-0.3, -0.25) is 0 Å². The van der Waals surface area contributed by atoms with Crippen LogP contribution in [-0.2, 0) is 0 Å². The second-order valence-electron chi connectivity index (χ2n) is 2.90. The summed E-state index contributed by atoms with van der Waals surface area (Å²) in [5, 5.41) is 3.43. The van der Waals surface area contributed by atoms with E-state index in [4.69, 9.17) is 16.3 Å². The molecule has 5 heteroatoms. The number of rotatable bonds is 2. The van der Waals surface area contributed by atoms with Gasteiger partial charge in [0.1, 0.15) is 6.10 Å². The fourth-order valence-corrected chi connectivity index (χ4v) is 1.42. The number of hydrogen-bond acceptors (Lipinski definition) is 4. The van der Waals surface area contributed by atoms with Gasteiger partial charge in [-0.2, -0.15) is 4.98 Å². The summed E-state index contributed by atoms with van der Waals surface area (Å²) in [4.78, 5) is 7.71. The summed E-state index contributed by atoms with van der Waals surface area (Å²) in [6.45, 7) is 1.88. The lowest BCUT2D eigenvalue weighted by atomic mass is 10.3. The van der Waals surface area contributed by atoms with Gasteiger partial charge < -0.3 is 10.1 Å². The van der Waals surface area contributed by atoms with Crippen molar-refractivity contribution in [3.8, 4) is 5.88 Å². The van der Waals surface area contributed by atoms with Crippen molar-refractivity contribution in [3.63, 3.8) is 0 Å². The molecule has 1 fully saturated rings. The van der Waals surface area contributed by atoms with Crippen LogP contribution in [0.2, 0.25) is 5.28 Å². The summed E-state index contributed by atoms with van der Waals surface area (Å²) in [7, 11) is 0. The summed E-state index contributed by atoms with van der Waals surface area (Å²) < 4.78 is 5.56. The summed E-state index contributed by atoms with van der Waals surface area (Å²) in [6, 6.07) is 1.71. The van der Waals surface area contributed by atoms with E-state index in [1.165, 1.54) is 0 Å². The number of hydrogen-bond donors (Lipinski definition) is 1. The molecule has 1 N–H and O–H groups in total. The third-order valence-electron chi connectivity index (χ3n) is 1.90. The Morgan fingerprint density at radius 2 is 2.54 bits per heavy atom. The molecule has 0 unspecified atom stereocenters. The standard InChI is InChI=1S/C8H10ClN3O/c9-8-11-4-2-7(12-8)13-6-1-3-10-5-6/h2,4,6,10H,1,3,5H2/t6-/m0/s1. The molecule has 1 aromatic rings. The van der Waals surface area contributed by atoms with Gasteiger partial charge in [0.2, 0.25) is 11.2 Å². The van der Waals surface area contributed by atoms with Crippen molar-refractivity contribution in [2.75, 3.05) is 13.1 Å². The first kappa shape index (κ1) is 8.72. The Labute approximate surface area is 81.3 Å². The van der Waals surface area contributed by atoms with E-state index in [1.54, 1.807) is 12.3 Å². The van der Waals surface area contributed by atoms with Crippen molar-refractivity contribution in [2.45, 2.75) is 12.5 Å². The fourth-order valence-electron chi connectivity index (χ4n) is 1.28. The minimum absolute atomic E-state index is 0.214. The quantitative estimate of drug-likeness (QED) is 0.719. The highest BCUT2D eigenvalue weighted by molar-refractivity contribution is 6.28. The number of aromatic nitrogens is 2. The average molecular weight is 200 g/mol. The highest BCUT2D eigenvalue weighted by Gasteiger charge is 2.16. The number of ether oxygens (including phenoxy) is 1. The smallest absolute Gasteiger partial charge is 0.225 e. The first-order valence-corrected chi connectivity index (χ1v) is 4.58. The molecular weight excluding hydrogens is 190 g/mol. The SMILES string of the molecule is Clc1nccc(O[C@H]2CCNC2)n1. The first-order chi connectivity index (χ1) is 6.34. The van der Waals surface area contributed by atoms with E-state index >= 15 is 0 Å². The highest BCUT2D eigenvalue weighted by Crippen LogP contribution is 2.12. The largest absolute Gasteiger partial charge is 0.473 e. The van der Waals surface area contributed by atoms with E-state index in [0.717, 1.165) is 19.5 Å². The molecular formula is C8H10ClN3O. The van der Waals surface area contributed by atoms with Crippen LogP contribution in [0.25, 0.3) is 0 Å². The maximum atomic E-state index is 5.61. The second kappa shape index (κ2) is 3.89. The Bertz CT molecular complexity index is 288. The molecule has 2 heterocycles. The minimum Gasteiger partial charge on any atom is -0.473 e. The van der Waals surface area contributed by atoms with Crippen LogP contribution in [0, 0.1) is 0 Å². The van der Waals surface area contributed by atoms with Gasteiger partial charge in [0.05, 0.1) is 0 Å². The monoisotopic (exact) mass is 199 g/mol. The molecule has 2 rings (SSSR count). The lowest BCUT2D eigenvalue weighted by molar-refractivity contribution is 0.213. The van der Waals surface area contributed by atoms with Crippen LogP contribution < -0.4 is 10.1 Å². The Kier molecular flexibility index (Phi) is 2.61. The van der Waals surface area contributed by atoms with Crippen molar-refractivity contribution >= 4 is 11.6 Å². The van der Waals surface area contributed by atoms with Crippen LogP contribution in [0.1, 0.15) is 6.42 Å². The van der Waals surface area contributed by atoms with Crippen LogP contribution in [0.3, 0.4) is 0 Å². The molecule has 1 atom stereocenters. The zero-order valence-corrected chi connectivity index (χ0v) is 7.79. The van der Waals surface area contributed by atoms with Crippen LogP contribution in [0.4, 0.5) is 0 Å². The van der Waals surface area contributed by atoms with Crippen LogP contribution >= 0.6 is 11.6 Å². The predicted molar refractivity (Wildman–Crippen MR) is 48.9 cm³/mol. The van der Waals surface area contributed by atoms with Gasteiger partial charge in [-0.15, -0.1) is 0 Å². The molecule has 0 saturated carbocycles. The zero-order chi connectivity index (χ0) is 9.10. The van der Waals surface area contributed by atoms with E-state index in [2.05, 4.69) is 15.3 Å². The first-order valence-electron chi connectivity index (χ1n) is 4.20. The van der Waals surface area contributed by atoms with Gasteiger partial charge in [-0.05, 0) is 24.6 Å². The molecule has 0 bridgehead atoms. The number of nitrogens with one attached hydrogen (secondary N) is 1. The summed E-state index contributed by atoms with van der Waals surface area (Å²) in [5.41, 5.74) is 0. The highest BCUT2D eigenvalue weighted by atomic mass is 35.5. The molecule has 0 radical (unpaired) electrons. The van der Waals surface area contributed by atoms with Crippen LogP contribution in [-0.4, -0.2) is 29.2 Å². The molecule has 0 aliphatic carbocycles. The zero-order valence-electron chi connectivity index (χ0n) is 7.03. The van der Waals surface area contributed by atoms with Gasteiger partial charge in [-0.25, -0.2) is 4.98 Å². The van der Waals surface area contributed by atoms with Gasteiger partial charge in [0.15, 0.2) is 0 Å². The molecule has 13 heavy (non-hydrogen) atoms. The lowest BCUT2D eigenvalue weighted by Gasteiger charge is -2.10. The maximum absolute atomic E-state index is 5.61. The van der Waals surface area contributed by atoms with Crippen LogP contribution in [0.5, 0.6) is 5.88 Å². The van der Waals surface area contributed by atoms with Crippen molar-refractivity contribution in [2.24, 2.45) is 0 Å². The predicted octanol–water partition coefficient (Wildman–Crippen LogP) is 0.871. The molecule has 1 saturated heterocycles. The fraction of sp³-hybridized carbons (Fsp3) is 0.500. The van der Waals surface area contributed by atoms with E-state index < -0.39 is 0 Å². The molecule has 4 nitrogen and oxygen atoms in total. The van der Waals surface area contributed by atoms with E-state index in [1.807, 2.05) is 0 Å². The summed E-state index contributed by atoms with van der Waals surface area (Å²) >= 11 is 5.61. The van der Waals surface area contributed by atoms with Gasteiger partial charge in [0, 0.05) is 18.8 Å². The second-order valence-corrected chi connectivity index (χ2v) is 3.23. The average Bonchev–Trinajstić information content (AvgIpc) is 2.57. The third-order valence-corrected chi connectivity index (χ3v) is 2.09. The molecule has 1 aromatic heterocycles. The van der Waals surface area contributed by atoms with E-state index in [9.17, 15) is 0 Å². The topological polar surface area (TPSA) is 47.0 Å². The summed E-state index contributed by atoms with van der Waals surface area (Å²) in [5.74, 6) is 0.550. The third kappa shape index (κ3) is 2.29. The maximum Gasteiger partial charge on any atom is 0.225 e. The van der Waals surface area contributed by atoms with Crippen molar-refractivity contribution < 1.29 is 4.74 Å². The Morgan fingerprint density at radius 1 is 1.62 bits per heavy atom.